The minimum Gasteiger partial charge on any atom is -0.378 e. The van der Waals surface area contributed by atoms with Crippen molar-refractivity contribution in [3.63, 3.8) is 0 Å². The third-order valence-corrected chi connectivity index (χ3v) is 4.59. The van der Waals surface area contributed by atoms with E-state index < -0.39 is 0 Å². The van der Waals surface area contributed by atoms with Crippen LogP contribution in [0.25, 0.3) is 0 Å². The molecule has 0 aromatic heterocycles. The predicted molar refractivity (Wildman–Crippen MR) is 88.6 cm³/mol. The summed E-state index contributed by atoms with van der Waals surface area (Å²) in [6.07, 6.45) is -0.0325. The number of carbonyl (C=O) groups is 1. The van der Waals surface area contributed by atoms with Gasteiger partial charge in [-0.25, -0.2) is 4.79 Å². The Bertz CT molecular complexity index is 524. The average Bonchev–Trinajstić information content (AvgIpc) is 2.62. The van der Waals surface area contributed by atoms with Crippen molar-refractivity contribution in [1.29, 1.82) is 0 Å². The van der Waals surface area contributed by atoms with E-state index >= 15 is 0 Å². The normalized spacial score (nSPS) is 22.5. The van der Waals surface area contributed by atoms with Crippen LogP contribution in [-0.2, 0) is 9.47 Å². The molecule has 1 atom stereocenters. The maximum absolute atomic E-state index is 12.6. The number of rotatable bonds is 2. The monoisotopic (exact) mass is 318 g/mol. The highest BCUT2D eigenvalue weighted by atomic mass is 16.5. The Kier molecular flexibility index (Phi) is 5.18. The van der Waals surface area contributed by atoms with Gasteiger partial charge in [0, 0.05) is 19.6 Å². The van der Waals surface area contributed by atoms with Gasteiger partial charge in [-0.15, -0.1) is 0 Å². The predicted octanol–water partition coefficient (Wildman–Crippen LogP) is 2.64. The lowest BCUT2D eigenvalue weighted by Crippen LogP contribution is -2.51. The zero-order valence-corrected chi connectivity index (χ0v) is 14.0. The molecule has 1 aromatic carbocycles. The van der Waals surface area contributed by atoms with Gasteiger partial charge >= 0.3 is 6.03 Å². The topological polar surface area (TPSA) is 42.0 Å². The van der Waals surface area contributed by atoms with E-state index in [1.807, 2.05) is 9.80 Å². The molecule has 3 rings (SSSR count). The van der Waals surface area contributed by atoms with Crippen molar-refractivity contribution in [2.24, 2.45) is 0 Å². The van der Waals surface area contributed by atoms with Gasteiger partial charge in [-0.2, -0.15) is 0 Å². The van der Waals surface area contributed by atoms with Gasteiger partial charge in [0.1, 0.15) is 6.10 Å². The van der Waals surface area contributed by atoms with Crippen molar-refractivity contribution in [2.75, 3.05) is 46.0 Å². The first-order chi connectivity index (χ1) is 11.1. The molecule has 2 aliphatic heterocycles. The Labute approximate surface area is 138 Å². The molecule has 126 valence electrons. The average molecular weight is 318 g/mol. The van der Waals surface area contributed by atoms with Gasteiger partial charge in [-0.1, -0.05) is 38.1 Å². The molecule has 0 bridgehead atoms. The van der Waals surface area contributed by atoms with E-state index in [2.05, 4.69) is 38.1 Å². The number of benzene rings is 1. The lowest BCUT2D eigenvalue weighted by molar-refractivity contribution is -0.0265. The molecule has 1 aromatic rings. The fourth-order valence-corrected chi connectivity index (χ4v) is 3.07. The van der Waals surface area contributed by atoms with Crippen LogP contribution in [0, 0.1) is 0 Å². The Hall–Kier alpha value is -1.59. The molecule has 2 fully saturated rings. The largest absolute Gasteiger partial charge is 0.378 e. The molecule has 0 saturated carbocycles. The summed E-state index contributed by atoms with van der Waals surface area (Å²) in [5.41, 5.74) is 2.47. The lowest BCUT2D eigenvalue weighted by Gasteiger charge is -2.37. The van der Waals surface area contributed by atoms with E-state index in [-0.39, 0.29) is 12.1 Å². The van der Waals surface area contributed by atoms with Crippen LogP contribution in [0.15, 0.2) is 24.3 Å². The first kappa shape index (κ1) is 16.3. The second-order valence-electron chi connectivity index (χ2n) is 6.51. The van der Waals surface area contributed by atoms with Gasteiger partial charge in [0.2, 0.25) is 0 Å². The Morgan fingerprint density at radius 2 is 1.70 bits per heavy atom. The van der Waals surface area contributed by atoms with Crippen molar-refractivity contribution in [3.05, 3.63) is 35.4 Å². The molecule has 5 heteroatoms. The van der Waals surface area contributed by atoms with Crippen LogP contribution in [0.4, 0.5) is 4.79 Å². The molecule has 2 heterocycles. The third-order valence-electron chi connectivity index (χ3n) is 4.59. The highest BCUT2D eigenvalue weighted by Gasteiger charge is 2.29. The summed E-state index contributed by atoms with van der Waals surface area (Å²) in [5, 5.41) is 0. The van der Waals surface area contributed by atoms with E-state index in [9.17, 15) is 4.79 Å². The molecule has 0 N–H and O–H groups in total. The highest BCUT2D eigenvalue weighted by Crippen LogP contribution is 2.25. The molecule has 0 aliphatic carbocycles. The van der Waals surface area contributed by atoms with E-state index in [0.717, 1.165) is 5.56 Å². The van der Waals surface area contributed by atoms with Gasteiger partial charge in [0.05, 0.1) is 26.4 Å². The molecular weight excluding hydrogens is 292 g/mol. The molecule has 0 radical (unpaired) electrons. The summed E-state index contributed by atoms with van der Waals surface area (Å²) in [6, 6.07) is 8.68. The van der Waals surface area contributed by atoms with E-state index in [1.165, 1.54) is 5.56 Å². The van der Waals surface area contributed by atoms with E-state index in [0.29, 0.717) is 51.9 Å². The number of nitrogens with zero attached hydrogens (tertiary/aromatic N) is 2. The number of carbonyl (C=O) groups excluding carboxylic acids is 1. The molecule has 5 nitrogen and oxygen atoms in total. The van der Waals surface area contributed by atoms with Crippen LogP contribution in [0.1, 0.15) is 37.0 Å². The van der Waals surface area contributed by atoms with Crippen molar-refractivity contribution in [2.45, 2.75) is 25.9 Å². The molecular formula is C18H26N2O3. The Morgan fingerprint density at radius 1 is 1.04 bits per heavy atom. The molecule has 23 heavy (non-hydrogen) atoms. The van der Waals surface area contributed by atoms with Crippen LogP contribution in [0.3, 0.4) is 0 Å². The maximum atomic E-state index is 12.6. The van der Waals surface area contributed by atoms with Gasteiger partial charge in [0.15, 0.2) is 0 Å². The van der Waals surface area contributed by atoms with Crippen molar-refractivity contribution >= 4 is 6.03 Å². The first-order valence-electron chi connectivity index (χ1n) is 8.48. The number of ether oxygens (including phenoxy) is 2. The summed E-state index contributed by atoms with van der Waals surface area (Å²) in [4.78, 5) is 16.4. The number of morpholine rings is 2. The summed E-state index contributed by atoms with van der Waals surface area (Å²) in [7, 11) is 0. The zero-order valence-electron chi connectivity index (χ0n) is 14.0. The van der Waals surface area contributed by atoms with Crippen LogP contribution in [0.2, 0.25) is 0 Å². The number of urea groups is 1. The first-order valence-corrected chi connectivity index (χ1v) is 8.48. The maximum Gasteiger partial charge on any atom is 0.320 e. The van der Waals surface area contributed by atoms with Crippen LogP contribution in [-0.4, -0.2) is 61.8 Å². The van der Waals surface area contributed by atoms with E-state index in [1.54, 1.807) is 0 Å². The van der Waals surface area contributed by atoms with Gasteiger partial charge in [-0.05, 0) is 17.0 Å². The number of hydrogen-bond donors (Lipinski definition) is 0. The van der Waals surface area contributed by atoms with Crippen LogP contribution >= 0.6 is 0 Å². The fourth-order valence-electron chi connectivity index (χ4n) is 3.07. The second-order valence-corrected chi connectivity index (χ2v) is 6.51. The van der Waals surface area contributed by atoms with Crippen LogP contribution < -0.4 is 0 Å². The summed E-state index contributed by atoms with van der Waals surface area (Å²) in [6.45, 7) is 8.89. The fraction of sp³-hybridized carbons (Fsp3) is 0.611. The quantitative estimate of drug-likeness (QED) is 0.842. The van der Waals surface area contributed by atoms with Crippen molar-refractivity contribution in [3.8, 4) is 0 Å². The third kappa shape index (κ3) is 3.85. The van der Waals surface area contributed by atoms with Gasteiger partial charge < -0.3 is 19.3 Å². The second kappa shape index (κ2) is 7.32. The molecule has 2 saturated heterocycles. The SMILES string of the molecule is CC(C)c1ccc(C2CN(C(=O)N3CCOCC3)CCO2)cc1. The lowest BCUT2D eigenvalue weighted by atomic mass is 9.99. The van der Waals surface area contributed by atoms with Crippen molar-refractivity contribution < 1.29 is 14.3 Å². The highest BCUT2D eigenvalue weighted by molar-refractivity contribution is 5.74. The minimum absolute atomic E-state index is 0.0325. The van der Waals surface area contributed by atoms with Crippen LogP contribution in [0.5, 0.6) is 0 Å². The molecule has 0 spiro atoms. The molecule has 2 amide bonds. The Balaban J connectivity index is 1.64. The summed E-state index contributed by atoms with van der Waals surface area (Å²) in [5.74, 6) is 0.524. The Morgan fingerprint density at radius 3 is 2.35 bits per heavy atom. The van der Waals surface area contributed by atoms with Gasteiger partial charge in [0.25, 0.3) is 0 Å². The van der Waals surface area contributed by atoms with Gasteiger partial charge in [-0.3, -0.25) is 0 Å². The molecule has 1 unspecified atom stereocenters. The summed E-state index contributed by atoms with van der Waals surface area (Å²) >= 11 is 0. The molecule has 2 aliphatic rings. The number of amides is 2. The standard InChI is InChI=1S/C18H26N2O3/c1-14(2)15-3-5-16(6-4-15)17-13-20(9-12-23-17)18(21)19-7-10-22-11-8-19/h3-6,14,17H,7-13H2,1-2H3. The zero-order chi connectivity index (χ0) is 16.2. The van der Waals surface area contributed by atoms with E-state index in [4.69, 9.17) is 9.47 Å². The number of hydrogen-bond acceptors (Lipinski definition) is 3. The minimum atomic E-state index is -0.0325. The summed E-state index contributed by atoms with van der Waals surface area (Å²) < 4.78 is 11.2. The smallest absolute Gasteiger partial charge is 0.320 e. The van der Waals surface area contributed by atoms with Crippen molar-refractivity contribution in [1.82, 2.24) is 9.80 Å².